The number of hydrogen-bond acceptors (Lipinski definition) is 10. The smallest absolute Gasteiger partial charge is 0.306 e. The van der Waals surface area contributed by atoms with E-state index in [-0.39, 0.29) is 19.4 Å². The van der Waals surface area contributed by atoms with Crippen molar-refractivity contribution in [2.45, 2.75) is 230 Å². The molecular weight excluding hydrogens is 943 g/mol. The summed E-state index contributed by atoms with van der Waals surface area (Å²) in [6, 6.07) is -1.07. The van der Waals surface area contributed by atoms with Crippen LogP contribution in [0.15, 0.2) is 146 Å². The lowest BCUT2D eigenvalue weighted by Crippen LogP contribution is -2.61. The van der Waals surface area contributed by atoms with E-state index in [4.69, 9.17) is 14.2 Å². The van der Waals surface area contributed by atoms with Gasteiger partial charge < -0.3 is 45.1 Å². The molecular formula is C64H101NO10. The van der Waals surface area contributed by atoms with Crippen molar-refractivity contribution >= 4 is 11.9 Å². The fourth-order valence-electron chi connectivity index (χ4n) is 7.85. The highest BCUT2D eigenvalue weighted by atomic mass is 16.7. The number of aliphatic hydroxyl groups excluding tert-OH is 5. The largest absolute Gasteiger partial charge is 0.454 e. The first-order chi connectivity index (χ1) is 36.7. The van der Waals surface area contributed by atoms with Gasteiger partial charge in [-0.15, -0.1) is 0 Å². The molecule has 0 bridgehead atoms. The molecule has 11 nitrogen and oxygen atoms in total. The number of allylic oxidation sites excluding steroid dienone is 23. The number of ether oxygens (including phenoxy) is 3. The zero-order valence-corrected chi connectivity index (χ0v) is 46.3. The zero-order chi connectivity index (χ0) is 54.7. The molecule has 1 aliphatic rings. The van der Waals surface area contributed by atoms with Crippen molar-refractivity contribution in [3.05, 3.63) is 146 Å². The highest BCUT2D eigenvalue weighted by Crippen LogP contribution is 2.26. The van der Waals surface area contributed by atoms with Crippen molar-refractivity contribution in [3.8, 4) is 0 Å². The van der Waals surface area contributed by atoms with Gasteiger partial charge in [0.2, 0.25) is 5.91 Å². The summed E-state index contributed by atoms with van der Waals surface area (Å²) in [4.78, 5) is 26.4. The lowest BCUT2D eigenvalue weighted by molar-refractivity contribution is -0.305. The predicted octanol–water partition coefficient (Wildman–Crippen LogP) is 13.0. The molecule has 1 saturated heterocycles. The molecule has 1 rings (SSSR count). The molecule has 6 N–H and O–H groups in total. The first-order valence-corrected chi connectivity index (χ1v) is 28.7. The Hall–Kier alpha value is -4.46. The SMILES string of the molecule is CC/C=C\C/C=C\C/C=C\C/C=C\C/C=C\C/C=C\CCCCC(=O)OC1C(OCC(NC(=O)C(O)CCCC/C=C/C=C\C=C/C=C/C=C/CC)C(O)/C=C/CCCCCCCCCCC)OC(CO)C(O)C1O. The van der Waals surface area contributed by atoms with Gasteiger partial charge in [0.15, 0.2) is 12.4 Å². The molecule has 0 aromatic carbocycles. The van der Waals surface area contributed by atoms with Crippen LogP contribution >= 0.6 is 0 Å². The molecule has 0 aromatic heterocycles. The number of amides is 1. The average molecular weight is 1040 g/mol. The Labute approximate surface area is 454 Å². The molecule has 422 valence electrons. The monoisotopic (exact) mass is 1040 g/mol. The van der Waals surface area contributed by atoms with Gasteiger partial charge in [-0.25, -0.2) is 0 Å². The van der Waals surface area contributed by atoms with Crippen molar-refractivity contribution < 1.29 is 49.3 Å². The number of hydrogen-bond donors (Lipinski definition) is 6. The fraction of sp³-hybridized carbons (Fsp3) is 0.594. The third kappa shape index (κ3) is 38.7. The minimum absolute atomic E-state index is 0.0533. The molecule has 1 aliphatic heterocycles. The maximum absolute atomic E-state index is 13.3. The number of esters is 1. The standard InChI is InChI=1S/C64H101NO10/c1-4-7-10-13-16-19-22-24-26-27-28-29-30-31-32-34-37-40-43-46-49-52-59(69)75-62-61(71)60(70)58(53-66)74-64(62)73-54-55(56(67)50-47-44-41-38-35-21-18-15-12-9-6-3)65-63(72)57(68)51-48-45-42-39-36-33-25-23-20-17-14-11-8-5-2/h7-8,10-11,14,16-17,19-20,23-26,28-29,31-33,36-37,39-40,47,50,55-58,60-62,64,66-68,70-71H,4-6,9,12-13,15,18,21-22,27,30,34-35,38,41-46,48-49,51-54H2,1-3H3,(H,65,72)/b10-7-,11-8+,17-14+,19-16-,23-20-,26-24-,29-28-,32-31-,33-25-,39-36+,40-37-,50-47+. The van der Waals surface area contributed by atoms with E-state index in [9.17, 15) is 35.1 Å². The third-order valence-corrected chi connectivity index (χ3v) is 12.4. The van der Waals surface area contributed by atoms with Crippen LogP contribution < -0.4 is 5.32 Å². The molecule has 0 spiro atoms. The second kappa shape index (κ2) is 50.4. The van der Waals surface area contributed by atoms with Crippen molar-refractivity contribution in [2.75, 3.05) is 13.2 Å². The molecule has 1 heterocycles. The minimum Gasteiger partial charge on any atom is -0.454 e. The summed E-state index contributed by atoms with van der Waals surface area (Å²) in [5.41, 5.74) is 0. The molecule has 0 radical (unpaired) electrons. The van der Waals surface area contributed by atoms with E-state index < -0.39 is 67.4 Å². The number of aliphatic hydroxyl groups is 5. The Morgan fingerprint density at radius 2 is 1.03 bits per heavy atom. The molecule has 8 atom stereocenters. The van der Waals surface area contributed by atoms with Gasteiger partial charge in [-0.05, 0) is 96.3 Å². The molecule has 1 amide bonds. The highest BCUT2D eigenvalue weighted by Gasteiger charge is 2.47. The topological polar surface area (TPSA) is 175 Å². The van der Waals surface area contributed by atoms with Gasteiger partial charge in [0, 0.05) is 6.42 Å². The second-order valence-corrected chi connectivity index (χ2v) is 19.0. The van der Waals surface area contributed by atoms with Crippen molar-refractivity contribution in [1.29, 1.82) is 0 Å². The quantitative estimate of drug-likeness (QED) is 0.0149. The molecule has 8 unspecified atom stereocenters. The number of carbonyl (C=O) groups excluding carboxylic acids is 2. The normalized spacial score (nSPS) is 20.3. The predicted molar refractivity (Wildman–Crippen MR) is 310 cm³/mol. The summed E-state index contributed by atoms with van der Waals surface area (Å²) < 4.78 is 17.5. The van der Waals surface area contributed by atoms with E-state index in [0.29, 0.717) is 12.8 Å². The van der Waals surface area contributed by atoms with Crippen LogP contribution in [0.25, 0.3) is 0 Å². The van der Waals surface area contributed by atoms with Gasteiger partial charge in [0.05, 0.1) is 25.4 Å². The summed E-state index contributed by atoms with van der Waals surface area (Å²) in [7, 11) is 0. The fourth-order valence-corrected chi connectivity index (χ4v) is 7.85. The maximum atomic E-state index is 13.3. The van der Waals surface area contributed by atoms with Crippen LogP contribution in [-0.4, -0.2) is 99.6 Å². The molecule has 1 fully saturated rings. The van der Waals surface area contributed by atoms with E-state index in [1.165, 1.54) is 38.5 Å². The summed E-state index contributed by atoms with van der Waals surface area (Å²) in [5, 5.41) is 56.7. The van der Waals surface area contributed by atoms with Gasteiger partial charge in [0.25, 0.3) is 0 Å². The Morgan fingerprint density at radius 3 is 1.60 bits per heavy atom. The van der Waals surface area contributed by atoms with Crippen molar-refractivity contribution in [3.63, 3.8) is 0 Å². The van der Waals surface area contributed by atoms with E-state index in [1.807, 2.05) is 60.8 Å². The average Bonchev–Trinajstić information content (AvgIpc) is 3.41. The molecule has 0 aromatic rings. The summed E-state index contributed by atoms with van der Waals surface area (Å²) in [5.74, 6) is -1.30. The van der Waals surface area contributed by atoms with Gasteiger partial charge in [-0.1, -0.05) is 224 Å². The van der Waals surface area contributed by atoms with Crippen molar-refractivity contribution in [1.82, 2.24) is 5.32 Å². The summed E-state index contributed by atoms with van der Waals surface area (Å²) in [6.07, 6.45) is 61.8. The van der Waals surface area contributed by atoms with Gasteiger partial charge >= 0.3 is 5.97 Å². The van der Waals surface area contributed by atoms with Crippen LogP contribution in [0, 0.1) is 0 Å². The zero-order valence-electron chi connectivity index (χ0n) is 46.3. The summed E-state index contributed by atoms with van der Waals surface area (Å²) >= 11 is 0. The Balaban J connectivity index is 2.77. The number of rotatable bonds is 45. The molecule has 75 heavy (non-hydrogen) atoms. The highest BCUT2D eigenvalue weighted by molar-refractivity contribution is 5.80. The second-order valence-electron chi connectivity index (χ2n) is 19.0. The van der Waals surface area contributed by atoms with Crippen LogP contribution in [0.4, 0.5) is 0 Å². The van der Waals surface area contributed by atoms with Gasteiger partial charge in [0.1, 0.15) is 24.4 Å². The van der Waals surface area contributed by atoms with E-state index in [0.717, 1.165) is 96.3 Å². The first-order valence-electron chi connectivity index (χ1n) is 28.7. The van der Waals surface area contributed by atoms with Gasteiger partial charge in [-0.3, -0.25) is 9.59 Å². The minimum atomic E-state index is -1.65. The Bertz CT molecular complexity index is 1770. The maximum Gasteiger partial charge on any atom is 0.306 e. The number of nitrogens with one attached hydrogen (secondary N) is 1. The lowest BCUT2D eigenvalue weighted by atomic mass is 9.99. The third-order valence-electron chi connectivity index (χ3n) is 12.4. The van der Waals surface area contributed by atoms with Crippen molar-refractivity contribution in [2.24, 2.45) is 0 Å². The van der Waals surface area contributed by atoms with E-state index >= 15 is 0 Å². The van der Waals surface area contributed by atoms with Crippen LogP contribution in [0.5, 0.6) is 0 Å². The van der Waals surface area contributed by atoms with Crippen LogP contribution in [0.2, 0.25) is 0 Å². The number of carbonyl (C=O) groups is 2. The first kappa shape index (κ1) is 68.6. The molecule has 11 heteroatoms. The van der Waals surface area contributed by atoms with E-state index in [2.05, 4.69) is 105 Å². The van der Waals surface area contributed by atoms with Crippen LogP contribution in [-0.2, 0) is 23.8 Å². The van der Waals surface area contributed by atoms with E-state index in [1.54, 1.807) is 6.08 Å². The van der Waals surface area contributed by atoms with Crippen LogP contribution in [0.3, 0.4) is 0 Å². The summed E-state index contributed by atoms with van der Waals surface area (Å²) in [6.45, 7) is 5.43. The van der Waals surface area contributed by atoms with Crippen LogP contribution in [0.1, 0.15) is 181 Å². The molecule has 0 saturated carbocycles. The Morgan fingerprint density at radius 1 is 0.547 bits per heavy atom. The van der Waals surface area contributed by atoms with Gasteiger partial charge in [-0.2, -0.15) is 0 Å². The molecule has 0 aliphatic carbocycles. The Kier molecular flexibility index (Phi) is 46.0. The lowest BCUT2D eigenvalue weighted by Gasteiger charge is -2.41. The number of unbranched alkanes of at least 4 members (excludes halogenated alkanes) is 13.